The number of nitrogens with zero attached hydrogens (tertiary/aromatic N) is 1. The Balaban J connectivity index is 3.49. The minimum absolute atomic E-state index is 0.832. The van der Waals surface area contributed by atoms with Gasteiger partial charge in [0.25, 0.3) is 0 Å². The number of rotatable bonds is 34. The molecule has 1 nitrogen and oxygen atoms in total. The second-order valence-corrected chi connectivity index (χ2v) is 13.3. The Morgan fingerprint density at radius 1 is 0.308 bits per heavy atom. The fraction of sp³-hybridized carbons (Fsp3) is 1.00. The van der Waals surface area contributed by atoms with Crippen molar-refractivity contribution in [2.45, 2.75) is 232 Å². The number of unbranched alkanes of at least 4 members (excludes halogenated alkanes) is 27. The van der Waals surface area contributed by atoms with Crippen LogP contribution in [-0.4, -0.2) is 24.5 Å². The second-order valence-electron chi connectivity index (χ2n) is 13.3. The molecule has 0 N–H and O–H groups in total. The highest BCUT2D eigenvalue weighted by atomic mass is 15.1. The van der Waals surface area contributed by atoms with Crippen LogP contribution in [0.15, 0.2) is 0 Å². The third-order valence-corrected chi connectivity index (χ3v) is 9.25. The highest BCUT2D eigenvalue weighted by Crippen LogP contribution is 2.18. The summed E-state index contributed by atoms with van der Waals surface area (Å²) in [5, 5.41) is 0. The minimum atomic E-state index is 0.832. The van der Waals surface area contributed by atoms with E-state index in [9.17, 15) is 0 Å². The maximum absolute atomic E-state index is 2.72. The molecule has 0 aromatic carbocycles. The highest BCUT2D eigenvalue weighted by Gasteiger charge is 2.13. The van der Waals surface area contributed by atoms with Crippen molar-refractivity contribution in [3.05, 3.63) is 0 Å². The standard InChI is InChI=1S/C38H79N/c1-5-8-10-12-14-16-18-20-21-22-24-26-28-30-32-34-37-39(4)38(35-7-3)36-33-31-29-27-25-23-19-17-15-13-11-9-6-2/h38H,5-37H2,1-4H3. The predicted octanol–water partition coefficient (Wildman–Crippen LogP) is 13.8. The normalized spacial score (nSPS) is 12.5. The largest absolute Gasteiger partial charge is 0.303 e. The van der Waals surface area contributed by atoms with Crippen LogP contribution in [0.4, 0.5) is 0 Å². The van der Waals surface area contributed by atoms with E-state index in [2.05, 4.69) is 32.7 Å². The molecule has 0 rings (SSSR count). The molecule has 0 aliphatic rings. The van der Waals surface area contributed by atoms with E-state index >= 15 is 0 Å². The zero-order valence-electron chi connectivity index (χ0n) is 28.4. The molecule has 0 spiro atoms. The minimum Gasteiger partial charge on any atom is -0.303 e. The summed E-state index contributed by atoms with van der Waals surface area (Å²) in [5.41, 5.74) is 0. The van der Waals surface area contributed by atoms with Crippen LogP contribution in [0.3, 0.4) is 0 Å². The molecule has 0 aliphatic carbocycles. The Kier molecular flexibility index (Phi) is 34.1. The van der Waals surface area contributed by atoms with Gasteiger partial charge in [0.05, 0.1) is 0 Å². The van der Waals surface area contributed by atoms with Gasteiger partial charge < -0.3 is 4.90 Å². The molecule has 0 saturated carbocycles. The van der Waals surface area contributed by atoms with Gasteiger partial charge in [0.15, 0.2) is 0 Å². The van der Waals surface area contributed by atoms with Crippen molar-refractivity contribution < 1.29 is 0 Å². The molecule has 1 heteroatoms. The van der Waals surface area contributed by atoms with Gasteiger partial charge in [-0.25, -0.2) is 0 Å². The van der Waals surface area contributed by atoms with E-state index in [0.29, 0.717) is 0 Å². The first kappa shape index (κ1) is 39.0. The molecule has 39 heavy (non-hydrogen) atoms. The zero-order valence-corrected chi connectivity index (χ0v) is 28.4. The predicted molar refractivity (Wildman–Crippen MR) is 181 cm³/mol. The van der Waals surface area contributed by atoms with E-state index in [1.54, 1.807) is 0 Å². The smallest absolute Gasteiger partial charge is 0.00921 e. The molecule has 0 bridgehead atoms. The third kappa shape index (κ3) is 30.7. The Labute approximate surface area is 250 Å². The SMILES string of the molecule is CCCCCCCCCCCCCCCCCCN(C)C(CCC)CCCCCCCCCCCCCCC. The summed E-state index contributed by atoms with van der Waals surface area (Å²) in [6.45, 7) is 8.31. The molecule has 236 valence electrons. The second kappa shape index (κ2) is 34.2. The molecular formula is C38H79N. The molecule has 0 saturated heterocycles. The number of hydrogen-bond donors (Lipinski definition) is 0. The lowest BCUT2D eigenvalue weighted by Crippen LogP contribution is -2.32. The average Bonchev–Trinajstić information content (AvgIpc) is 2.94. The Hall–Kier alpha value is -0.0400. The molecule has 1 atom stereocenters. The first-order valence-corrected chi connectivity index (χ1v) is 19.0. The van der Waals surface area contributed by atoms with Gasteiger partial charge in [-0.05, 0) is 32.9 Å². The maximum Gasteiger partial charge on any atom is 0.00921 e. The lowest BCUT2D eigenvalue weighted by Gasteiger charge is -2.28. The summed E-state index contributed by atoms with van der Waals surface area (Å²) in [6, 6.07) is 0.832. The van der Waals surface area contributed by atoms with Crippen molar-refractivity contribution in [3.63, 3.8) is 0 Å². The van der Waals surface area contributed by atoms with Crippen LogP contribution in [0.2, 0.25) is 0 Å². The van der Waals surface area contributed by atoms with E-state index in [-0.39, 0.29) is 0 Å². The van der Waals surface area contributed by atoms with Gasteiger partial charge in [-0.1, -0.05) is 207 Å². The number of hydrogen-bond acceptors (Lipinski definition) is 1. The van der Waals surface area contributed by atoms with Crippen LogP contribution in [-0.2, 0) is 0 Å². The third-order valence-electron chi connectivity index (χ3n) is 9.25. The van der Waals surface area contributed by atoms with Gasteiger partial charge in [0, 0.05) is 6.04 Å². The Morgan fingerprint density at radius 2 is 0.590 bits per heavy atom. The van der Waals surface area contributed by atoms with Crippen LogP contribution in [0, 0.1) is 0 Å². The van der Waals surface area contributed by atoms with Crippen LogP contribution in [0.5, 0.6) is 0 Å². The molecule has 0 amide bonds. The summed E-state index contributed by atoms with van der Waals surface area (Å²) < 4.78 is 0. The van der Waals surface area contributed by atoms with E-state index in [1.807, 2.05) is 0 Å². The molecule has 0 radical (unpaired) electrons. The van der Waals surface area contributed by atoms with E-state index < -0.39 is 0 Å². The van der Waals surface area contributed by atoms with E-state index in [4.69, 9.17) is 0 Å². The van der Waals surface area contributed by atoms with Gasteiger partial charge in [-0.15, -0.1) is 0 Å². The van der Waals surface area contributed by atoms with Crippen molar-refractivity contribution in [3.8, 4) is 0 Å². The van der Waals surface area contributed by atoms with Crippen LogP contribution in [0.25, 0.3) is 0 Å². The van der Waals surface area contributed by atoms with Crippen LogP contribution in [0.1, 0.15) is 226 Å². The van der Waals surface area contributed by atoms with Gasteiger partial charge in [0.2, 0.25) is 0 Å². The molecule has 0 aromatic heterocycles. The monoisotopic (exact) mass is 550 g/mol. The summed E-state index contributed by atoms with van der Waals surface area (Å²) in [7, 11) is 2.41. The maximum atomic E-state index is 2.72. The summed E-state index contributed by atoms with van der Waals surface area (Å²) in [4.78, 5) is 2.72. The van der Waals surface area contributed by atoms with Crippen molar-refractivity contribution in [1.29, 1.82) is 0 Å². The van der Waals surface area contributed by atoms with Crippen molar-refractivity contribution in [2.75, 3.05) is 13.6 Å². The molecule has 1 unspecified atom stereocenters. The van der Waals surface area contributed by atoms with E-state index in [1.165, 1.54) is 212 Å². The highest BCUT2D eigenvalue weighted by molar-refractivity contribution is 4.69. The van der Waals surface area contributed by atoms with Crippen molar-refractivity contribution in [2.24, 2.45) is 0 Å². The molecule has 0 fully saturated rings. The zero-order chi connectivity index (χ0) is 28.5. The Bertz CT molecular complexity index is 419. The molecular weight excluding hydrogens is 470 g/mol. The fourth-order valence-electron chi connectivity index (χ4n) is 6.41. The van der Waals surface area contributed by atoms with Gasteiger partial charge in [-0.2, -0.15) is 0 Å². The first-order chi connectivity index (χ1) is 19.3. The van der Waals surface area contributed by atoms with Gasteiger partial charge in [0.1, 0.15) is 0 Å². The van der Waals surface area contributed by atoms with Crippen molar-refractivity contribution >= 4 is 0 Å². The summed E-state index contributed by atoms with van der Waals surface area (Å²) in [5.74, 6) is 0. The van der Waals surface area contributed by atoms with E-state index in [0.717, 1.165) is 6.04 Å². The summed E-state index contributed by atoms with van der Waals surface area (Å²) >= 11 is 0. The lowest BCUT2D eigenvalue weighted by molar-refractivity contribution is 0.208. The van der Waals surface area contributed by atoms with Crippen LogP contribution < -0.4 is 0 Å². The topological polar surface area (TPSA) is 3.24 Å². The fourth-order valence-corrected chi connectivity index (χ4v) is 6.41. The van der Waals surface area contributed by atoms with Crippen LogP contribution >= 0.6 is 0 Å². The first-order valence-electron chi connectivity index (χ1n) is 19.0. The molecule has 0 aliphatic heterocycles. The molecule has 0 aromatic rings. The van der Waals surface area contributed by atoms with Crippen molar-refractivity contribution in [1.82, 2.24) is 4.90 Å². The average molecular weight is 550 g/mol. The lowest BCUT2D eigenvalue weighted by atomic mass is 10.0. The van der Waals surface area contributed by atoms with Gasteiger partial charge >= 0.3 is 0 Å². The van der Waals surface area contributed by atoms with Gasteiger partial charge in [-0.3, -0.25) is 0 Å². The molecule has 0 heterocycles. The quantitative estimate of drug-likeness (QED) is 0.0721. The summed E-state index contributed by atoms with van der Waals surface area (Å²) in [6.07, 6.45) is 46.6. The Morgan fingerprint density at radius 3 is 0.897 bits per heavy atom.